The van der Waals surface area contributed by atoms with Crippen molar-refractivity contribution in [2.75, 3.05) is 13.1 Å². The van der Waals surface area contributed by atoms with Gasteiger partial charge >= 0.3 is 0 Å². The van der Waals surface area contributed by atoms with Gasteiger partial charge in [-0.05, 0) is 32.3 Å². The molecule has 0 spiro atoms. The van der Waals surface area contributed by atoms with E-state index in [0.717, 1.165) is 5.70 Å². The van der Waals surface area contributed by atoms with E-state index in [1.165, 1.54) is 32.4 Å². The lowest BCUT2D eigenvalue weighted by atomic mass is 10.1. The molecule has 0 unspecified atom stereocenters. The van der Waals surface area contributed by atoms with Crippen LogP contribution in [0.3, 0.4) is 0 Å². The van der Waals surface area contributed by atoms with Gasteiger partial charge in [0.05, 0.1) is 0 Å². The van der Waals surface area contributed by atoms with Crippen molar-refractivity contribution in [2.45, 2.75) is 26.2 Å². The van der Waals surface area contributed by atoms with E-state index in [1.54, 1.807) is 0 Å². The van der Waals surface area contributed by atoms with Gasteiger partial charge in [-0.15, -0.1) is 0 Å². The normalized spacial score (nSPS) is 18.7. The smallest absolute Gasteiger partial charge is 0.0293 e. The fraction of sp³-hybridized carbons (Fsp3) is 0.500. The maximum absolute atomic E-state index is 4.06. The second kappa shape index (κ2) is 5.63. The van der Waals surface area contributed by atoms with E-state index in [4.69, 9.17) is 0 Å². The molecule has 0 aromatic rings. The highest BCUT2D eigenvalue weighted by Crippen LogP contribution is 2.13. The Labute approximate surface area is 81.4 Å². The minimum Gasteiger partial charge on any atom is -0.372 e. The molecule has 0 aromatic heterocycles. The SMILES string of the molecule is C=C(/C=C\C=C/C)N1CCCCC1. The molecule has 72 valence electrons. The Morgan fingerprint density at radius 2 is 1.85 bits per heavy atom. The Kier molecular flexibility index (Phi) is 4.37. The van der Waals surface area contributed by atoms with Crippen LogP contribution in [0.2, 0.25) is 0 Å². The summed E-state index contributed by atoms with van der Waals surface area (Å²) in [7, 11) is 0. The van der Waals surface area contributed by atoms with Crippen LogP contribution < -0.4 is 0 Å². The molecule has 0 radical (unpaired) electrons. The minimum absolute atomic E-state index is 1.15. The first kappa shape index (κ1) is 10.1. The van der Waals surface area contributed by atoms with Crippen molar-refractivity contribution >= 4 is 0 Å². The largest absolute Gasteiger partial charge is 0.372 e. The van der Waals surface area contributed by atoms with Gasteiger partial charge in [0, 0.05) is 18.8 Å². The van der Waals surface area contributed by atoms with Crippen molar-refractivity contribution in [3.63, 3.8) is 0 Å². The van der Waals surface area contributed by atoms with Gasteiger partial charge in [0.15, 0.2) is 0 Å². The van der Waals surface area contributed by atoms with Crippen molar-refractivity contribution in [2.24, 2.45) is 0 Å². The minimum atomic E-state index is 1.15. The predicted octanol–water partition coefficient (Wildman–Crippen LogP) is 3.12. The molecular formula is C12H19N. The molecule has 1 aliphatic heterocycles. The van der Waals surface area contributed by atoms with Crippen LogP contribution >= 0.6 is 0 Å². The summed E-state index contributed by atoms with van der Waals surface area (Å²) in [6.07, 6.45) is 12.2. The average Bonchev–Trinajstić information content (AvgIpc) is 2.19. The van der Waals surface area contributed by atoms with Crippen LogP contribution in [-0.4, -0.2) is 18.0 Å². The Hall–Kier alpha value is -0.980. The van der Waals surface area contributed by atoms with Crippen LogP contribution in [0, 0.1) is 0 Å². The second-order valence-electron chi connectivity index (χ2n) is 3.42. The van der Waals surface area contributed by atoms with Gasteiger partial charge in [0.1, 0.15) is 0 Å². The highest BCUT2D eigenvalue weighted by molar-refractivity contribution is 5.18. The number of likely N-dealkylation sites (tertiary alicyclic amines) is 1. The number of hydrogen-bond acceptors (Lipinski definition) is 1. The molecule has 13 heavy (non-hydrogen) atoms. The van der Waals surface area contributed by atoms with Gasteiger partial charge in [0.25, 0.3) is 0 Å². The summed E-state index contributed by atoms with van der Waals surface area (Å²) in [5.74, 6) is 0. The first-order valence-electron chi connectivity index (χ1n) is 5.08. The van der Waals surface area contributed by atoms with Gasteiger partial charge in [0.2, 0.25) is 0 Å². The maximum atomic E-state index is 4.06. The number of piperidine rings is 1. The Morgan fingerprint density at radius 3 is 2.46 bits per heavy atom. The third kappa shape index (κ3) is 3.49. The van der Waals surface area contributed by atoms with Crippen molar-refractivity contribution in [1.82, 2.24) is 4.90 Å². The van der Waals surface area contributed by atoms with Crippen LogP contribution in [0.4, 0.5) is 0 Å². The lowest BCUT2D eigenvalue weighted by Crippen LogP contribution is -2.27. The fourth-order valence-corrected chi connectivity index (χ4v) is 1.56. The molecule has 0 amide bonds. The van der Waals surface area contributed by atoms with Gasteiger partial charge < -0.3 is 4.90 Å². The molecule has 0 atom stereocenters. The van der Waals surface area contributed by atoms with E-state index in [0.29, 0.717) is 0 Å². The lowest BCUT2D eigenvalue weighted by molar-refractivity contribution is 0.294. The summed E-state index contributed by atoms with van der Waals surface area (Å²) in [5.41, 5.74) is 1.15. The van der Waals surface area contributed by atoms with Crippen molar-refractivity contribution in [3.8, 4) is 0 Å². The first-order chi connectivity index (χ1) is 6.34. The van der Waals surface area contributed by atoms with Crippen LogP contribution in [0.5, 0.6) is 0 Å². The number of nitrogens with zero attached hydrogens (tertiary/aromatic N) is 1. The summed E-state index contributed by atoms with van der Waals surface area (Å²) in [5, 5.41) is 0. The van der Waals surface area contributed by atoms with Crippen molar-refractivity contribution < 1.29 is 0 Å². The lowest BCUT2D eigenvalue weighted by Gasteiger charge is -2.28. The number of rotatable bonds is 3. The molecule has 1 fully saturated rings. The first-order valence-corrected chi connectivity index (χ1v) is 5.08. The summed E-state index contributed by atoms with van der Waals surface area (Å²) < 4.78 is 0. The second-order valence-corrected chi connectivity index (χ2v) is 3.42. The van der Waals surface area contributed by atoms with E-state index in [2.05, 4.69) is 23.6 Å². The molecule has 1 saturated heterocycles. The summed E-state index contributed by atoms with van der Waals surface area (Å²) in [6.45, 7) is 8.44. The highest BCUT2D eigenvalue weighted by Gasteiger charge is 2.08. The van der Waals surface area contributed by atoms with E-state index < -0.39 is 0 Å². The molecule has 1 aliphatic rings. The molecular weight excluding hydrogens is 158 g/mol. The molecule has 1 heteroatoms. The molecule has 0 N–H and O–H groups in total. The van der Waals surface area contributed by atoms with E-state index in [-0.39, 0.29) is 0 Å². The zero-order valence-corrected chi connectivity index (χ0v) is 8.50. The highest BCUT2D eigenvalue weighted by atomic mass is 15.1. The zero-order chi connectivity index (χ0) is 9.52. The van der Waals surface area contributed by atoms with Crippen molar-refractivity contribution in [3.05, 3.63) is 36.6 Å². The molecule has 0 bridgehead atoms. The maximum Gasteiger partial charge on any atom is 0.0293 e. The summed E-state index contributed by atoms with van der Waals surface area (Å²) in [4.78, 5) is 2.36. The van der Waals surface area contributed by atoms with Crippen LogP contribution in [0.25, 0.3) is 0 Å². The Balaban J connectivity index is 2.37. The standard InChI is InChI=1S/C12H19N/c1-3-4-6-9-12(2)13-10-7-5-8-11-13/h3-4,6,9H,2,5,7-8,10-11H2,1H3/b4-3-,9-6-. The number of allylic oxidation sites excluding steroid dienone is 4. The third-order valence-electron chi connectivity index (χ3n) is 2.35. The van der Waals surface area contributed by atoms with Crippen LogP contribution in [0.15, 0.2) is 36.6 Å². The Morgan fingerprint density at radius 1 is 1.15 bits per heavy atom. The summed E-state index contributed by atoms with van der Waals surface area (Å²) >= 11 is 0. The average molecular weight is 177 g/mol. The molecule has 0 aromatic carbocycles. The van der Waals surface area contributed by atoms with Gasteiger partial charge in [-0.2, -0.15) is 0 Å². The van der Waals surface area contributed by atoms with Crippen LogP contribution in [-0.2, 0) is 0 Å². The van der Waals surface area contributed by atoms with E-state index >= 15 is 0 Å². The quantitative estimate of drug-likeness (QED) is 0.599. The molecule has 1 rings (SSSR count). The van der Waals surface area contributed by atoms with Gasteiger partial charge in [-0.3, -0.25) is 0 Å². The topological polar surface area (TPSA) is 3.24 Å². The van der Waals surface area contributed by atoms with Gasteiger partial charge in [-0.25, -0.2) is 0 Å². The van der Waals surface area contributed by atoms with E-state index in [9.17, 15) is 0 Å². The van der Waals surface area contributed by atoms with Gasteiger partial charge in [-0.1, -0.05) is 24.8 Å². The molecule has 0 saturated carbocycles. The fourth-order valence-electron chi connectivity index (χ4n) is 1.56. The van der Waals surface area contributed by atoms with E-state index in [1.807, 2.05) is 19.1 Å². The third-order valence-corrected chi connectivity index (χ3v) is 2.35. The molecule has 1 nitrogen and oxygen atoms in total. The van der Waals surface area contributed by atoms with Crippen molar-refractivity contribution in [1.29, 1.82) is 0 Å². The Bertz CT molecular complexity index is 207. The number of hydrogen-bond donors (Lipinski definition) is 0. The van der Waals surface area contributed by atoms with Crippen LogP contribution in [0.1, 0.15) is 26.2 Å². The predicted molar refractivity (Wildman–Crippen MR) is 58.5 cm³/mol. The zero-order valence-electron chi connectivity index (χ0n) is 8.50. The summed E-state index contributed by atoms with van der Waals surface area (Å²) in [6, 6.07) is 0. The molecule has 0 aliphatic carbocycles. The molecule has 1 heterocycles. The monoisotopic (exact) mass is 177 g/mol.